The van der Waals surface area contributed by atoms with Crippen molar-refractivity contribution in [3.05, 3.63) is 80.0 Å². The summed E-state index contributed by atoms with van der Waals surface area (Å²) in [4.78, 5) is 82.7. The smallest absolute Gasteiger partial charge is 0.312 e. The van der Waals surface area contributed by atoms with Crippen molar-refractivity contribution in [3.63, 3.8) is 0 Å². The number of hydrogen-bond donors (Lipinski definition) is 5. The molecule has 1 aromatic heterocycles. The summed E-state index contributed by atoms with van der Waals surface area (Å²) in [6, 6.07) is 1.79. The van der Waals surface area contributed by atoms with Gasteiger partial charge in [-0.3, -0.25) is 28.8 Å². The van der Waals surface area contributed by atoms with Crippen molar-refractivity contribution in [2.75, 3.05) is 7.11 Å². The number of ketones is 4. The molecule has 1 aromatic carbocycles. The predicted molar refractivity (Wildman–Crippen MR) is 208 cm³/mol. The highest BCUT2D eigenvalue weighted by Gasteiger charge is 2.53. The minimum absolute atomic E-state index is 0.0392. The predicted octanol–water partition coefficient (Wildman–Crippen LogP) is 3.82. The number of esters is 1. The fraction of sp³-hybridized carbons (Fsp3) is 0.476. The quantitative estimate of drug-likeness (QED) is 0.271. The molecule has 1 fully saturated rings. The molecule has 4 heterocycles. The van der Waals surface area contributed by atoms with Gasteiger partial charge in [0.1, 0.15) is 29.0 Å². The maximum Gasteiger partial charge on any atom is 0.312 e. The lowest BCUT2D eigenvalue weighted by Gasteiger charge is -2.37. The number of nitrogens with one attached hydrogen (secondary N) is 2. The number of aliphatic hydroxyl groups is 2. The zero-order chi connectivity index (χ0) is 42.5. The molecule has 10 atom stereocenters. The van der Waals surface area contributed by atoms with E-state index in [2.05, 4.69) is 10.6 Å². The lowest BCUT2D eigenvalue weighted by atomic mass is 9.79. The van der Waals surface area contributed by atoms with Gasteiger partial charge in [-0.2, -0.15) is 11.3 Å². The number of aromatic hydroxyl groups is 1. The number of hydrogen-bond acceptors (Lipinski definition) is 15. The number of fused-ring (bicyclic) bond motifs is 12. The molecule has 16 heteroatoms. The highest BCUT2D eigenvalue weighted by atomic mass is 32.1. The zero-order valence-electron chi connectivity index (χ0n) is 33.4. The summed E-state index contributed by atoms with van der Waals surface area (Å²) in [5, 5.41) is 43.4. The normalized spacial score (nSPS) is 33.0. The Kier molecular flexibility index (Phi) is 11.9. The molecule has 2 aliphatic carbocycles. The Bertz CT molecular complexity index is 2160. The van der Waals surface area contributed by atoms with Gasteiger partial charge >= 0.3 is 11.8 Å². The molecule has 0 radical (unpaired) electrons. The second kappa shape index (κ2) is 16.2. The van der Waals surface area contributed by atoms with Crippen LogP contribution in [0.2, 0.25) is 0 Å². The van der Waals surface area contributed by atoms with E-state index in [9.17, 15) is 44.1 Å². The van der Waals surface area contributed by atoms with Crippen LogP contribution in [0.3, 0.4) is 0 Å². The maximum absolute atomic E-state index is 14.5. The average molecular weight is 821 g/mol. The van der Waals surface area contributed by atoms with E-state index >= 15 is 0 Å². The third-order valence-corrected chi connectivity index (χ3v) is 12.4. The molecule has 1 amide bonds. The largest absolute Gasteiger partial charge is 0.507 e. The van der Waals surface area contributed by atoms with E-state index in [-0.39, 0.29) is 41.1 Å². The molecule has 310 valence electrons. The van der Waals surface area contributed by atoms with Gasteiger partial charge < -0.3 is 44.9 Å². The number of benzene rings is 1. The lowest BCUT2D eigenvalue weighted by molar-refractivity contribution is -0.160. The molecule has 7 rings (SSSR count). The fourth-order valence-corrected chi connectivity index (χ4v) is 8.76. The molecule has 2 aromatic rings. The summed E-state index contributed by atoms with van der Waals surface area (Å²) >= 11 is 1.40. The number of thiophene rings is 1. The molecular formula is C42H48N2O13S. The summed E-state index contributed by atoms with van der Waals surface area (Å²) in [7, 11) is 1.41. The maximum atomic E-state index is 14.5. The Morgan fingerprint density at radius 1 is 1.02 bits per heavy atom. The van der Waals surface area contributed by atoms with Crippen molar-refractivity contribution in [3.8, 4) is 11.5 Å². The summed E-state index contributed by atoms with van der Waals surface area (Å²) < 4.78 is 23.4. The first kappa shape index (κ1) is 42.4. The van der Waals surface area contributed by atoms with E-state index in [1.54, 1.807) is 26.8 Å². The van der Waals surface area contributed by atoms with Crippen LogP contribution in [-0.4, -0.2) is 87.6 Å². The summed E-state index contributed by atoms with van der Waals surface area (Å²) in [6.07, 6.45) is -0.138. The van der Waals surface area contributed by atoms with Gasteiger partial charge in [-0.1, -0.05) is 20.8 Å². The zero-order valence-corrected chi connectivity index (χ0v) is 34.2. The van der Waals surface area contributed by atoms with E-state index in [1.807, 2.05) is 10.8 Å². The monoisotopic (exact) mass is 820 g/mol. The van der Waals surface area contributed by atoms with Crippen LogP contribution >= 0.6 is 11.3 Å². The van der Waals surface area contributed by atoms with Crippen molar-refractivity contribution in [1.82, 2.24) is 10.6 Å². The highest BCUT2D eigenvalue weighted by Crippen LogP contribution is 2.49. The topological polar surface area (TPSA) is 224 Å². The van der Waals surface area contributed by atoms with E-state index in [0.29, 0.717) is 0 Å². The molecule has 1 saturated carbocycles. The molecule has 15 nitrogen and oxygen atoms in total. The number of phenolic OH excluding ortho intramolecular Hbond substituents is 1. The summed E-state index contributed by atoms with van der Waals surface area (Å²) in [5.74, 6) is -11.0. The number of methoxy groups -OCH3 is 1. The van der Waals surface area contributed by atoms with Gasteiger partial charge in [-0.05, 0) is 60.7 Å². The van der Waals surface area contributed by atoms with Crippen LogP contribution in [-0.2, 0) is 35.1 Å². The Hall–Kier alpha value is -5.16. The van der Waals surface area contributed by atoms with E-state index < -0.39 is 117 Å². The van der Waals surface area contributed by atoms with Crippen LogP contribution in [0.1, 0.15) is 90.2 Å². The van der Waals surface area contributed by atoms with Gasteiger partial charge in [0.05, 0.1) is 41.3 Å². The second-order valence-corrected chi connectivity index (χ2v) is 16.4. The first-order valence-corrected chi connectivity index (χ1v) is 19.9. The van der Waals surface area contributed by atoms with Crippen molar-refractivity contribution < 1.29 is 63.0 Å². The van der Waals surface area contributed by atoms with Crippen molar-refractivity contribution in [2.45, 2.75) is 91.6 Å². The van der Waals surface area contributed by atoms with Gasteiger partial charge in [0.2, 0.25) is 11.6 Å². The number of amides is 1. The summed E-state index contributed by atoms with van der Waals surface area (Å²) in [5.41, 5.74) is -1.53. The number of Topliss-reactive ketones (excluding diaryl/α,β-unsaturated/α-hetero) is 3. The number of allylic oxidation sites excluding steroid dienone is 3. The Balaban J connectivity index is 1.46. The van der Waals surface area contributed by atoms with Gasteiger partial charge in [0, 0.05) is 62.3 Å². The van der Waals surface area contributed by atoms with E-state index in [1.165, 1.54) is 52.2 Å². The summed E-state index contributed by atoms with van der Waals surface area (Å²) in [6.45, 7) is 10.4. The van der Waals surface area contributed by atoms with Crippen LogP contribution in [0.4, 0.5) is 0 Å². The van der Waals surface area contributed by atoms with E-state index in [0.717, 1.165) is 17.9 Å². The molecular weight excluding hydrogens is 773 g/mol. The fourth-order valence-electron chi connectivity index (χ4n) is 8.10. The van der Waals surface area contributed by atoms with Gasteiger partial charge in [-0.25, -0.2) is 0 Å². The van der Waals surface area contributed by atoms with Crippen LogP contribution in [0.15, 0.2) is 52.2 Å². The number of carbonyl (C=O) groups excluding carboxylic acids is 6. The minimum Gasteiger partial charge on any atom is -0.507 e. The first-order chi connectivity index (χ1) is 27.3. The number of aliphatic hydroxyl groups excluding tert-OH is 2. The molecule has 0 saturated heterocycles. The molecule has 0 spiro atoms. The Morgan fingerprint density at radius 3 is 2.36 bits per heavy atom. The standard InChI is InChI=1S/C42H48N2O13S/c1-17-13-26(46)24-14-25(24)34(48)19(3)33(47)20(4)38(56-22(6)45)18(2)27(54-8)9-11-55-42(7)40(52)30-28-29(35(49)21(5)39(30)57-42)37(51)32(44-41(17)53)31(36(28)50)43-15-23-10-12-58-16-23/h9-13,16,18-20,24-25,27,33-34,38,43,47-49H,14-15H2,1-8H3,(H,44,53)/b11-9+,17-13-/t18-,19+,20-,24-,25+,27+,33-,34-,38-,42+/m1/s1. The number of carbonyl (C=O) groups is 6. The van der Waals surface area contributed by atoms with Crippen molar-refractivity contribution >= 4 is 46.3 Å². The van der Waals surface area contributed by atoms with Gasteiger partial charge in [0.25, 0.3) is 11.7 Å². The lowest BCUT2D eigenvalue weighted by Crippen LogP contribution is -2.46. The number of ether oxygens (including phenoxy) is 4. The molecule has 0 unspecified atom stereocenters. The van der Waals surface area contributed by atoms with Crippen molar-refractivity contribution in [1.29, 1.82) is 0 Å². The van der Waals surface area contributed by atoms with Crippen LogP contribution < -0.4 is 15.4 Å². The Labute approximate surface area is 339 Å². The number of rotatable bonds is 5. The molecule has 5 N–H and O–H groups in total. The Morgan fingerprint density at radius 2 is 1.72 bits per heavy atom. The molecule has 5 aliphatic rings. The van der Waals surface area contributed by atoms with Crippen molar-refractivity contribution in [2.24, 2.45) is 29.6 Å². The number of phenols is 1. The van der Waals surface area contributed by atoms with Crippen LogP contribution in [0.25, 0.3) is 0 Å². The first-order valence-electron chi connectivity index (χ1n) is 19.0. The molecule has 3 aliphatic heterocycles. The second-order valence-electron chi connectivity index (χ2n) is 15.7. The van der Waals surface area contributed by atoms with E-state index in [4.69, 9.17) is 18.9 Å². The average Bonchev–Trinajstić information content (AvgIpc) is 3.73. The highest BCUT2D eigenvalue weighted by molar-refractivity contribution is 7.07. The third-order valence-electron chi connectivity index (χ3n) is 11.7. The minimum atomic E-state index is -2.11. The third kappa shape index (κ3) is 7.61. The van der Waals surface area contributed by atoms with Crippen LogP contribution in [0.5, 0.6) is 11.5 Å². The van der Waals surface area contributed by atoms with Gasteiger partial charge in [0.15, 0.2) is 5.78 Å². The molecule has 5 bridgehead atoms. The van der Waals surface area contributed by atoms with Gasteiger partial charge in [-0.15, -0.1) is 0 Å². The van der Waals surface area contributed by atoms with Crippen LogP contribution in [0, 0.1) is 36.5 Å². The molecule has 58 heavy (non-hydrogen) atoms. The SMILES string of the molecule is CO[C@H]1/C=C/O[C@@]2(C)Oc3c(C)c(O)c4c(c3C2=O)C(=O)C(NCc2ccsc2)=C(NC(=O)/C(C)=C\C(=O)[C@@H]2C[C@@H]2[C@H](O)[C@@H](C)[C@@H](O)[C@@H](C)[C@H](OC(C)=O)[C@@H]1C)C4=O.